The number of ether oxygens (including phenoxy) is 1. The summed E-state index contributed by atoms with van der Waals surface area (Å²) in [5.74, 6) is 0.371. The highest BCUT2D eigenvalue weighted by molar-refractivity contribution is 7.90. The van der Waals surface area contributed by atoms with Crippen LogP contribution in [0.2, 0.25) is 0 Å². The lowest BCUT2D eigenvalue weighted by Gasteiger charge is -2.29. The van der Waals surface area contributed by atoms with Crippen LogP contribution < -0.4 is 9.64 Å². The largest absolute Gasteiger partial charge is 0.484 e. The van der Waals surface area contributed by atoms with Gasteiger partial charge in [-0.25, -0.2) is 8.42 Å². The molecule has 0 N–H and O–H groups in total. The molecule has 24 heavy (non-hydrogen) atoms. The maximum absolute atomic E-state index is 12.5. The molecule has 126 valence electrons. The molecule has 0 spiro atoms. The maximum Gasteiger partial charge on any atom is 0.264 e. The molecule has 0 bridgehead atoms. The first-order chi connectivity index (χ1) is 11.4. The van der Waals surface area contributed by atoms with Gasteiger partial charge in [-0.2, -0.15) is 0 Å². The smallest absolute Gasteiger partial charge is 0.264 e. The Morgan fingerprint density at radius 2 is 1.83 bits per heavy atom. The number of hydrogen-bond acceptors (Lipinski definition) is 4. The first-order valence-corrected chi connectivity index (χ1v) is 9.65. The lowest BCUT2D eigenvalue weighted by atomic mass is 10.0. The van der Waals surface area contributed by atoms with Gasteiger partial charge in [-0.05, 0) is 48.7 Å². The summed E-state index contributed by atoms with van der Waals surface area (Å²) in [4.78, 5) is 14.4. The molecule has 2 aromatic rings. The Morgan fingerprint density at radius 1 is 1.12 bits per heavy atom. The summed E-state index contributed by atoms with van der Waals surface area (Å²) in [7, 11) is -3.23. The van der Waals surface area contributed by atoms with Gasteiger partial charge in [0.1, 0.15) is 5.75 Å². The molecule has 1 heterocycles. The van der Waals surface area contributed by atoms with Crippen LogP contribution in [0.4, 0.5) is 5.69 Å². The molecule has 0 aliphatic carbocycles. The van der Waals surface area contributed by atoms with E-state index in [0.717, 1.165) is 24.8 Å². The van der Waals surface area contributed by atoms with E-state index in [1.165, 1.54) is 17.7 Å². The predicted molar refractivity (Wildman–Crippen MR) is 92.2 cm³/mol. The summed E-state index contributed by atoms with van der Waals surface area (Å²) in [5.41, 5.74) is 2.12. The Hall–Kier alpha value is -2.34. The molecular formula is C18H19NO4S. The summed E-state index contributed by atoms with van der Waals surface area (Å²) in [6.45, 7) is 0.610. The summed E-state index contributed by atoms with van der Waals surface area (Å²) >= 11 is 0. The van der Waals surface area contributed by atoms with E-state index in [1.54, 1.807) is 17.0 Å². The molecule has 5 nitrogen and oxygen atoms in total. The molecule has 1 aliphatic heterocycles. The molecular weight excluding hydrogens is 326 g/mol. The van der Waals surface area contributed by atoms with Crippen LogP contribution in [0.5, 0.6) is 5.75 Å². The van der Waals surface area contributed by atoms with Gasteiger partial charge in [-0.3, -0.25) is 4.79 Å². The monoisotopic (exact) mass is 345 g/mol. The number of hydrogen-bond donors (Lipinski definition) is 0. The lowest BCUT2D eigenvalue weighted by molar-refractivity contribution is -0.120. The van der Waals surface area contributed by atoms with Crippen molar-refractivity contribution in [2.45, 2.75) is 17.7 Å². The Labute approximate surface area is 141 Å². The SMILES string of the molecule is CS(=O)(=O)c1ccc(OCC(=O)N2CCCc3ccccc32)cc1. The van der Waals surface area contributed by atoms with Crippen molar-refractivity contribution in [3.05, 3.63) is 54.1 Å². The zero-order chi connectivity index (χ0) is 17.2. The third-order valence-corrected chi connectivity index (χ3v) is 5.15. The Morgan fingerprint density at radius 3 is 2.54 bits per heavy atom. The number of anilines is 1. The van der Waals surface area contributed by atoms with Crippen LogP contribution in [0.15, 0.2) is 53.4 Å². The number of carbonyl (C=O) groups excluding carboxylic acids is 1. The molecule has 2 aromatic carbocycles. The van der Waals surface area contributed by atoms with E-state index in [0.29, 0.717) is 12.3 Å². The molecule has 6 heteroatoms. The maximum atomic E-state index is 12.5. The van der Waals surface area contributed by atoms with Crippen molar-refractivity contribution in [1.29, 1.82) is 0 Å². The van der Waals surface area contributed by atoms with Crippen molar-refractivity contribution in [3.8, 4) is 5.75 Å². The Kier molecular flexibility index (Phi) is 4.57. The number of fused-ring (bicyclic) bond motifs is 1. The summed E-state index contributed by atoms with van der Waals surface area (Å²) in [6, 6.07) is 14.0. The molecule has 0 saturated carbocycles. The number of amides is 1. The number of para-hydroxylation sites is 1. The first-order valence-electron chi connectivity index (χ1n) is 7.76. The Bertz CT molecular complexity index is 844. The van der Waals surface area contributed by atoms with E-state index < -0.39 is 9.84 Å². The van der Waals surface area contributed by atoms with Crippen LogP contribution in [-0.2, 0) is 21.1 Å². The van der Waals surface area contributed by atoms with Gasteiger partial charge in [0.25, 0.3) is 5.91 Å². The van der Waals surface area contributed by atoms with Crippen molar-refractivity contribution in [1.82, 2.24) is 0 Å². The quantitative estimate of drug-likeness (QED) is 0.854. The molecule has 0 fully saturated rings. The van der Waals surface area contributed by atoms with E-state index in [2.05, 4.69) is 0 Å². The molecule has 0 saturated heterocycles. The van der Waals surface area contributed by atoms with Crippen LogP contribution in [-0.4, -0.2) is 33.7 Å². The average Bonchev–Trinajstić information content (AvgIpc) is 2.59. The number of benzene rings is 2. The third kappa shape index (κ3) is 3.59. The predicted octanol–water partition coefficient (Wildman–Crippen LogP) is 2.45. The standard InChI is InChI=1S/C18H19NO4S/c1-24(21,22)16-10-8-15(9-11-16)23-13-18(20)19-12-4-6-14-5-2-3-7-17(14)19/h2-3,5,7-11H,4,6,12-13H2,1H3. The number of nitrogens with zero attached hydrogens (tertiary/aromatic N) is 1. The fourth-order valence-electron chi connectivity index (χ4n) is 2.80. The highest BCUT2D eigenvalue weighted by Crippen LogP contribution is 2.26. The van der Waals surface area contributed by atoms with Crippen molar-refractivity contribution in [3.63, 3.8) is 0 Å². The van der Waals surface area contributed by atoms with Crippen LogP contribution in [0.1, 0.15) is 12.0 Å². The zero-order valence-corrected chi connectivity index (χ0v) is 14.3. The molecule has 0 unspecified atom stereocenters. The van der Waals surface area contributed by atoms with Gasteiger partial charge in [-0.15, -0.1) is 0 Å². The normalized spacial score (nSPS) is 14.1. The second kappa shape index (κ2) is 6.65. The van der Waals surface area contributed by atoms with Crippen molar-refractivity contribution in [2.75, 3.05) is 24.3 Å². The van der Waals surface area contributed by atoms with Gasteiger partial charge in [0.2, 0.25) is 0 Å². The van der Waals surface area contributed by atoms with E-state index in [-0.39, 0.29) is 17.4 Å². The third-order valence-electron chi connectivity index (χ3n) is 4.03. The van der Waals surface area contributed by atoms with E-state index in [1.807, 2.05) is 24.3 Å². The fourth-order valence-corrected chi connectivity index (χ4v) is 3.43. The van der Waals surface area contributed by atoms with E-state index in [4.69, 9.17) is 4.74 Å². The van der Waals surface area contributed by atoms with Gasteiger partial charge in [0, 0.05) is 18.5 Å². The van der Waals surface area contributed by atoms with Crippen molar-refractivity contribution >= 4 is 21.4 Å². The average molecular weight is 345 g/mol. The summed E-state index contributed by atoms with van der Waals surface area (Å²) < 4.78 is 28.4. The van der Waals surface area contributed by atoms with Crippen LogP contribution in [0.3, 0.4) is 0 Å². The molecule has 0 atom stereocenters. The van der Waals surface area contributed by atoms with Crippen LogP contribution in [0, 0.1) is 0 Å². The molecule has 0 radical (unpaired) electrons. The minimum atomic E-state index is -3.23. The van der Waals surface area contributed by atoms with Crippen LogP contribution >= 0.6 is 0 Å². The second-order valence-corrected chi connectivity index (χ2v) is 7.83. The van der Waals surface area contributed by atoms with Gasteiger partial charge >= 0.3 is 0 Å². The second-order valence-electron chi connectivity index (χ2n) is 5.81. The fraction of sp³-hybridized carbons (Fsp3) is 0.278. The van der Waals surface area contributed by atoms with Gasteiger partial charge in [0.15, 0.2) is 16.4 Å². The minimum Gasteiger partial charge on any atom is -0.484 e. The van der Waals surface area contributed by atoms with Gasteiger partial charge < -0.3 is 9.64 Å². The van der Waals surface area contributed by atoms with E-state index in [9.17, 15) is 13.2 Å². The van der Waals surface area contributed by atoms with Crippen LogP contribution in [0.25, 0.3) is 0 Å². The van der Waals surface area contributed by atoms with Crippen molar-refractivity contribution in [2.24, 2.45) is 0 Å². The van der Waals surface area contributed by atoms with Gasteiger partial charge in [-0.1, -0.05) is 18.2 Å². The van der Waals surface area contributed by atoms with Crippen molar-refractivity contribution < 1.29 is 17.9 Å². The van der Waals surface area contributed by atoms with Gasteiger partial charge in [0.05, 0.1) is 4.90 Å². The zero-order valence-electron chi connectivity index (χ0n) is 13.4. The summed E-state index contributed by atoms with van der Waals surface area (Å²) in [6.07, 6.45) is 3.07. The lowest BCUT2D eigenvalue weighted by Crippen LogP contribution is -2.38. The molecule has 1 aliphatic rings. The minimum absolute atomic E-state index is 0.0768. The molecule has 0 aromatic heterocycles. The highest BCUT2D eigenvalue weighted by atomic mass is 32.2. The summed E-state index contributed by atoms with van der Waals surface area (Å²) in [5, 5.41) is 0. The molecule has 3 rings (SSSR count). The first kappa shape index (κ1) is 16.5. The number of carbonyl (C=O) groups is 1. The topological polar surface area (TPSA) is 63.7 Å². The number of rotatable bonds is 4. The Balaban J connectivity index is 1.66. The highest BCUT2D eigenvalue weighted by Gasteiger charge is 2.22. The van der Waals surface area contributed by atoms with E-state index >= 15 is 0 Å². The molecule has 1 amide bonds. The number of aryl methyl sites for hydroxylation is 1. The number of sulfone groups is 1.